The van der Waals surface area contributed by atoms with E-state index in [1.54, 1.807) is 14.2 Å². The molecule has 0 radical (unpaired) electrons. The molecule has 3 aliphatic heterocycles. The molecule has 0 amide bonds. The molecular weight excluding hydrogens is 368 g/mol. The first-order valence-electron chi connectivity index (χ1n) is 10.5. The van der Waals surface area contributed by atoms with Crippen molar-refractivity contribution < 1.29 is 19.0 Å². The van der Waals surface area contributed by atoms with Gasteiger partial charge in [0.05, 0.1) is 27.2 Å². The molecule has 0 N–H and O–H groups in total. The van der Waals surface area contributed by atoms with Gasteiger partial charge in [0.15, 0.2) is 11.5 Å². The number of carbonyl (C=O) groups excluding carboxylic acids is 1. The van der Waals surface area contributed by atoms with E-state index in [4.69, 9.17) is 14.2 Å². The molecule has 4 atom stereocenters. The zero-order chi connectivity index (χ0) is 20.6. The summed E-state index contributed by atoms with van der Waals surface area (Å²) in [6, 6.07) is 4.20. The second-order valence-corrected chi connectivity index (χ2v) is 8.86. The molecular formula is C23H30N2O4. The number of ether oxygens (including phenoxy) is 3. The van der Waals surface area contributed by atoms with Gasteiger partial charge in [-0.15, -0.1) is 0 Å². The normalized spacial score (nSPS) is 36.0. The lowest BCUT2D eigenvalue weighted by atomic mass is 9.66. The molecule has 2 saturated heterocycles. The summed E-state index contributed by atoms with van der Waals surface area (Å²) in [4.78, 5) is 18.3. The van der Waals surface area contributed by atoms with Crippen molar-refractivity contribution in [2.24, 2.45) is 11.8 Å². The molecule has 156 valence electrons. The fraction of sp³-hybridized carbons (Fsp3) is 0.609. The lowest BCUT2D eigenvalue weighted by Gasteiger charge is -2.47. The van der Waals surface area contributed by atoms with Crippen molar-refractivity contribution in [3.05, 3.63) is 29.3 Å². The predicted molar refractivity (Wildman–Crippen MR) is 111 cm³/mol. The average molecular weight is 399 g/mol. The predicted octanol–water partition coefficient (Wildman–Crippen LogP) is 2.95. The van der Waals surface area contributed by atoms with Crippen molar-refractivity contribution in [3.63, 3.8) is 0 Å². The molecule has 1 saturated carbocycles. The standard InChI is InChI=1S/C23H30N2O4/c1-6-14-9-15-12-23-22(7-8-25(23)13-14,20(15)21(26)29-5)16-10-18(27-3)19(28-4)11-17(16)24(23)2/h6,10-11,15,20H,7-9,12-13H2,1-5H3. The number of esters is 1. The number of likely N-dealkylation sites (N-methyl/N-ethyl adjacent to an activating group) is 1. The quantitative estimate of drug-likeness (QED) is 0.576. The highest BCUT2D eigenvalue weighted by Crippen LogP contribution is 2.71. The monoisotopic (exact) mass is 398 g/mol. The van der Waals surface area contributed by atoms with Crippen molar-refractivity contribution in [1.29, 1.82) is 0 Å². The first-order valence-corrected chi connectivity index (χ1v) is 10.5. The van der Waals surface area contributed by atoms with Gasteiger partial charge in [-0.2, -0.15) is 0 Å². The van der Waals surface area contributed by atoms with E-state index in [2.05, 4.69) is 42.0 Å². The molecule has 29 heavy (non-hydrogen) atoms. The summed E-state index contributed by atoms with van der Waals surface area (Å²) < 4.78 is 16.7. The number of allylic oxidation sites excluding steroid dienone is 1. The highest BCUT2D eigenvalue weighted by atomic mass is 16.5. The first kappa shape index (κ1) is 18.8. The molecule has 2 bridgehead atoms. The number of hydrogen-bond acceptors (Lipinski definition) is 6. The van der Waals surface area contributed by atoms with Crippen LogP contribution in [0.3, 0.4) is 0 Å². The Balaban J connectivity index is 1.80. The maximum absolute atomic E-state index is 13.2. The Hall–Kier alpha value is -2.21. The van der Waals surface area contributed by atoms with Gasteiger partial charge in [0.25, 0.3) is 0 Å². The Morgan fingerprint density at radius 1 is 1.21 bits per heavy atom. The highest BCUT2D eigenvalue weighted by molar-refractivity contribution is 5.83. The second kappa shape index (κ2) is 6.14. The average Bonchev–Trinajstić information content (AvgIpc) is 3.23. The van der Waals surface area contributed by atoms with Crippen LogP contribution in [0.2, 0.25) is 0 Å². The second-order valence-electron chi connectivity index (χ2n) is 8.86. The van der Waals surface area contributed by atoms with E-state index in [0.717, 1.165) is 49.5 Å². The molecule has 3 heterocycles. The van der Waals surface area contributed by atoms with Crippen molar-refractivity contribution in [2.45, 2.75) is 37.3 Å². The van der Waals surface area contributed by atoms with E-state index < -0.39 is 0 Å². The summed E-state index contributed by atoms with van der Waals surface area (Å²) in [5, 5.41) is 0. The molecule has 4 aliphatic rings. The van der Waals surface area contributed by atoms with Crippen molar-refractivity contribution in [3.8, 4) is 11.5 Å². The van der Waals surface area contributed by atoms with Crippen LogP contribution in [0.25, 0.3) is 0 Å². The summed E-state index contributed by atoms with van der Waals surface area (Å²) in [7, 11) is 7.05. The van der Waals surface area contributed by atoms with Crippen LogP contribution in [0.5, 0.6) is 11.5 Å². The number of fused-ring (bicyclic) bond motifs is 2. The van der Waals surface area contributed by atoms with Crippen LogP contribution in [0.4, 0.5) is 5.69 Å². The third kappa shape index (κ3) is 1.98. The smallest absolute Gasteiger partial charge is 0.310 e. The van der Waals surface area contributed by atoms with Gasteiger partial charge < -0.3 is 19.1 Å². The van der Waals surface area contributed by atoms with Crippen LogP contribution in [-0.2, 0) is 14.9 Å². The van der Waals surface area contributed by atoms with Crippen LogP contribution in [-0.4, -0.2) is 58.0 Å². The number of nitrogens with zero attached hydrogens (tertiary/aromatic N) is 2. The van der Waals surface area contributed by atoms with Crippen LogP contribution in [0.1, 0.15) is 31.7 Å². The van der Waals surface area contributed by atoms with E-state index in [-0.39, 0.29) is 28.9 Å². The fourth-order valence-corrected chi connectivity index (χ4v) is 7.22. The summed E-state index contributed by atoms with van der Waals surface area (Å²) in [5.74, 6) is 1.50. The number of carbonyl (C=O) groups is 1. The van der Waals surface area contributed by atoms with Crippen LogP contribution >= 0.6 is 0 Å². The minimum Gasteiger partial charge on any atom is -0.493 e. The number of hydrogen-bond donors (Lipinski definition) is 0. The van der Waals surface area contributed by atoms with E-state index >= 15 is 0 Å². The van der Waals surface area contributed by atoms with Gasteiger partial charge in [-0.25, -0.2) is 0 Å². The molecule has 3 fully saturated rings. The van der Waals surface area contributed by atoms with Gasteiger partial charge >= 0.3 is 5.97 Å². The summed E-state index contributed by atoms with van der Waals surface area (Å²) >= 11 is 0. The van der Waals surface area contributed by atoms with E-state index in [1.165, 1.54) is 18.2 Å². The van der Waals surface area contributed by atoms with Gasteiger partial charge in [-0.1, -0.05) is 11.6 Å². The zero-order valence-electron chi connectivity index (χ0n) is 17.9. The van der Waals surface area contributed by atoms with Crippen molar-refractivity contribution in [1.82, 2.24) is 4.90 Å². The highest BCUT2D eigenvalue weighted by Gasteiger charge is 2.77. The molecule has 6 nitrogen and oxygen atoms in total. The lowest BCUT2D eigenvalue weighted by molar-refractivity contribution is -0.149. The number of rotatable bonds is 3. The van der Waals surface area contributed by atoms with Crippen LogP contribution in [0.15, 0.2) is 23.8 Å². The van der Waals surface area contributed by atoms with Gasteiger partial charge in [0.1, 0.15) is 5.66 Å². The van der Waals surface area contributed by atoms with E-state index in [9.17, 15) is 4.79 Å². The third-order valence-electron chi connectivity index (χ3n) is 8.24. The largest absolute Gasteiger partial charge is 0.493 e. The van der Waals surface area contributed by atoms with Gasteiger partial charge in [0.2, 0.25) is 0 Å². The summed E-state index contributed by atoms with van der Waals surface area (Å²) in [6.45, 7) is 4.07. The Bertz CT molecular complexity index is 912. The van der Waals surface area contributed by atoms with Crippen LogP contribution in [0, 0.1) is 11.8 Å². The molecule has 0 aromatic heterocycles. The zero-order valence-corrected chi connectivity index (χ0v) is 17.9. The molecule has 1 aliphatic carbocycles. The Morgan fingerprint density at radius 2 is 1.93 bits per heavy atom. The van der Waals surface area contributed by atoms with Crippen molar-refractivity contribution in [2.75, 3.05) is 46.4 Å². The molecule has 1 spiro atoms. The lowest BCUT2D eigenvalue weighted by Crippen LogP contribution is -2.61. The molecule has 5 rings (SSSR count). The number of anilines is 1. The minimum absolute atomic E-state index is 0.0767. The molecule has 6 heteroatoms. The molecule has 1 aromatic rings. The SMILES string of the molecule is CC=C1CC2CC34N(CCC3(c3cc(OC)c(OC)cc3N4C)C2C(=O)OC)C1. The maximum Gasteiger partial charge on any atom is 0.310 e. The Morgan fingerprint density at radius 3 is 2.59 bits per heavy atom. The molecule has 1 aromatic carbocycles. The topological polar surface area (TPSA) is 51.2 Å². The van der Waals surface area contributed by atoms with Gasteiger partial charge in [0, 0.05) is 37.3 Å². The van der Waals surface area contributed by atoms with Crippen LogP contribution < -0.4 is 14.4 Å². The van der Waals surface area contributed by atoms with Crippen molar-refractivity contribution >= 4 is 11.7 Å². The maximum atomic E-state index is 13.2. The Labute approximate surface area is 172 Å². The third-order valence-corrected chi connectivity index (χ3v) is 8.24. The van der Waals surface area contributed by atoms with Gasteiger partial charge in [-0.05, 0) is 43.7 Å². The fourth-order valence-electron chi connectivity index (χ4n) is 7.22. The minimum atomic E-state index is -0.284. The Kier molecular flexibility index (Phi) is 3.98. The number of methoxy groups -OCH3 is 3. The van der Waals surface area contributed by atoms with Gasteiger partial charge in [-0.3, -0.25) is 9.69 Å². The first-order chi connectivity index (χ1) is 14.0. The summed E-state index contributed by atoms with van der Waals surface area (Å²) in [6.07, 6.45) is 5.12. The summed E-state index contributed by atoms with van der Waals surface area (Å²) in [5.41, 5.74) is 3.29. The van der Waals surface area contributed by atoms with E-state index in [1.807, 2.05) is 0 Å². The number of benzene rings is 1. The molecule has 4 unspecified atom stereocenters. The van der Waals surface area contributed by atoms with E-state index in [0.29, 0.717) is 0 Å².